The summed E-state index contributed by atoms with van der Waals surface area (Å²) in [4.78, 5) is 16.8. The van der Waals surface area contributed by atoms with Crippen LogP contribution in [0.4, 0.5) is 8.78 Å². The summed E-state index contributed by atoms with van der Waals surface area (Å²) in [5, 5.41) is 2.64. The molecule has 0 aliphatic rings. The normalized spacial score (nSPS) is 11.9. The number of hydrogen-bond donors (Lipinski definition) is 0. The Bertz CT molecular complexity index is 992. The third-order valence-corrected chi connectivity index (χ3v) is 5.06. The fourth-order valence-corrected chi connectivity index (χ4v) is 3.40. The van der Waals surface area contributed by atoms with E-state index in [1.807, 2.05) is 0 Å². The fourth-order valence-electron chi connectivity index (χ4n) is 2.43. The van der Waals surface area contributed by atoms with Gasteiger partial charge in [-0.15, -0.1) is 11.3 Å². The number of carbonyl (C=O) groups excluding carboxylic acids is 1. The minimum atomic E-state index is -1.27. The van der Waals surface area contributed by atoms with Crippen LogP contribution in [-0.4, -0.2) is 17.6 Å². The second-order valence-corrected chi connectivity index (χ2v) is 7.14. The monoisotopic (exact) mass is 423 g/mol. The summed E-state index contributed by atoms with van der Waals surface area (Å²) < 4.78 is 38.5. The SMILES string of the molecule is CCOC(=O)C(Oc1ccc(F)c(C)c1F)c1nc(-c2ccc(Cl)cc2)cs1. The van der Waals surface area contributed by atoms with E-state index in [9.17, 15) is 13.6 Å². The predicted octanol–water partition coefficient (Wildman–Crippen LogP) is 5.73. The standard InChI is InChI=1S/C20H16ClF2NO3S/c1-3-26-20(25)18(27-16-9-8-14(22)11(2)17(16)23)19-24-15(10-28-19)12-4-6-13(21)7-5-12/h4-10,18H,3H2,1-2H3. The summed E-state index contributed by atoms with van der Waals surface area (Å²) in [5.41, 5.74) is 1.23. The van der Waals surface area contributed by atoms with E-state index in [1.54, 1.807) is 36.6 Å². The number of hydrogen-bond acceptors (Lipinski definition) is 5. The Morgan fingerprint density at radius 1 is 1.21 bits per heavy atom. The first-order chi connectivity index (χ1) is 13.4. The molecule has 0 saturated carbocycles. The van der Waals surface area contributed by atoms with Gasteiger partial charge in [0.25, 0.3) is 0 Å². The van der Waals surface area contributed by atoms with E-state index in [1.165, 1.54) is 18.3 Å². The molecular weight excluding hydrogens is 408 g/mol. The number of benzene rings is 2. The average molecular weight is 424 g/mol. The summed E-state index contributed by atoms with van der Waals surface area (Å²) in [6.07, 6.45) is -1.27. The Balaban J connectivity index is 1.94. The number of thiazole rings is 1. The zero-order valence-corrected chi connectivity index (χ0v) is 16.6. The Morgan fingerprint density at radius 3 is 2.61 bits per heavy atom. The van der Waals surface area contributed by atoms with Gasteiger partial charge in [-0.05, 0) is 38.1 Å². The fraction of sp³-hybridized carbons (Fsp3) is 0.200. The molecule has 3 rings (SSSR count). The highest BCUT2D eigenvalue weighted by molar-refractivity contribution is 7.10. The van der Waals surface area contributed by atoms with Crippen LogP contribution < -0.4 is 4.74 Å². The smallest absolute Gasteiger partial charge is 0.354 e. The van der Waals surface area contributed by atoms with Crippen molar-refractivity contribution in [2.75, 3.05) is 6.61 Å². The third kappa shape index (κ3) is 4.31. The van der Waals surface area contributed by atoms with Gasteiger partial charge in [0.15, 0.2) is 11.6 Å². The minimum absolute atomic E-state index is 0.124. The lowest BCUT2D eigenvalue weighted by Crippen LogP contribution is -2.22. The van der Waals surface area contributed by atoms with Crippen molar-refractivity contribution in [3.63, 3.8) is 0 Å². The molecule has 3 aromatic rings. The molecule has 0 N–H and O–H groups in total. The third-order valence-electron chi connectivity index (χ3n) is 3.92. The molecule has 8 heteroatoms. The van der Waals surface area contributed by atoms with Gasteiger partial charge in [0.1, 0.15) is 10.8 Å². The largest absolute Gasteiger partial charge is 0.468 e. The molecule has 1 heterocycles. The van der Waals surface area contributed by atoms with Crippen LogP contribution in [0.15, 0.2) is 41.8 Å². The minimum Gasteiger partial charge on any atom is -0.468 e. The van der Waals surface area contributed by atoms with Gasteiger partial charge in [0, 0.05) is 21.5 Å². The summed E-state index contributed by atoms with van der Waals surface area (Å²) in [7, 11) is 0. The first-order valence-corrected chi connectivity index (χ1v) is 9.65. The number of aromatic nitrogens is 1. The van der Waals surface area contributed by atoms with Crippen molar-refractivity contribution >= 4 is 28.9 Å². The lowest BCUT2D eigenvalue weighted by atomic mass is 10.2. The van der Waals surface area contributed by atoms with Crippen molar-refractivity contribution in [3.05, 3.63) is 69.0 Å². The molecule has 0 fully saturated rings. The molecular formula is C20H16ClF2NO3S. The lowest BCUT2D eigenvalue weighted by Gasteiger charge is -2.17. The molecule has 0 bridgehead atoms. The molecule has 0 radical (unpaired) electrons. The molecule has 28 heavy (non-hydrogen) atoms. The summed E-state index contributed by atoms with van der Waals surface area (Å²) >= 11 is 7.08. The molecule has 146 valence electrons. The maximum atomic E-state index is 14.3. The van der Waals surface area contributed by atoms with E-state index in [2.05, 4.69) is 4.98 Å². The Kier molecular flexibility index (Phi) is 6.26. The molecule has 0 saturated heterocycles. The highest BCUT2D eigenvalue weighted by Crippen LogP contribution is 2.32. The van der Waals surface area contributed by atoms with Gasteiger partial charge in [-0.25, -0.2) is 18.6 Å². The number of esters is 1. The topological polar surface area (TPSA) is 48.4 Å². The Labute approximate surface area is 169 Å². The van der Waals surface area contributed by atoms with Gasteiger partial charge >= 0.3 is 5.97 Å². The highest BCUT2D eigenvalue weighted by atomic mass is 35.5. The van der Waals surface area contributed by atoms with Crippen LogP contribution in [0, 0.1) is 18.6 Å². The van der Waals surface area contributed by atoms with Gasteiger partial charge in [0.05, 0.1) is 12.3 Å². The van der Waals surface area contributed by atoms with Crippen molar-refractivity contribution in [1.29, 1.82) is 0 Å². The lowest BCUT2D eigenvalue weighted by molar-refractivity contribution is -0.151. The van der Waals surface area contributed by atoms with Gasteiger partial charge < -0.3 is 9.47 Å². The Morgan fingerprint density at radius 2 is 1.93 bits per heavy atom. The van der Waals surface area contributed by atoms with Gasteiger partial charge in [-0.3, -0.25) is 0 Å². The number of ether oxygens (including phenoxy) is 2. The van der Waals surface area contributed by atoms with Crippen LogP contribution >= 0.6 is 22.9 Å². The van der Waals surface area contributed by atoms with E-state index in [0.29, 0.717) is 15.7 Å². The van der Waals surface area contributed by atoms with Crippen LogP contribution in [-0.2, 0) is 9.53 Å². The average Bonchev–Trinajstić information content (AvgIpc) is 3.16. The summed E-state index contributed by atoms with van der Waals surface area (Å²) in [5.74, 6) is -2.53. The second kappa shape index (κ2) is 8.67. The van der Waals surface area contributed by atoms with Gasteiger partial charge in [0.2, 0.25) is 6.10 Å². The summed E-state index contributed by atoms with van der Waals surface area (Å²) in [6, 6.07) is 9.27. The van der Waals surface area contributed by atoms with E-state index < -0.39 is 23.7 Å². The highest BCUT2D eigenvalue weighted by Gasteiger charge is 2.29. The zero-order valence-electron chi connectivity index (χ0n) is 15.0. The summed E-state index contributed by atoms with van der Waals surface area (Å²) in [6.45, 7) is 3.07. The van der Waals surface area contributed by atoms with Crippen LogP contribution in [0.3, 0.4) is 0 Å². The van der Waals surface area contributed by atoms with Crippen molar-refractivity contribution in [2.24, 2.45) is 0 Å². The molecule has 1 atom stereocenters. The predicted molar refractivity (Wildman–Crippen MR) is 104 cm³/mol. The maximum Gasteiger partial charge on any atom is 0.354 e. The van der Waals surface area contributed by atoms with E-state index in [0.717, 1.165) is 17.7 Å². The molecule has 0 amide bonds. The number of carbonyl (C=O) groups is 1. The Hall–Kier alpha value is -2.51. The molecule has 2 aromatic carbocycles. The molecule has 1 aromatic heterocycles. The van der Waals surface area contributed by atoms with Crippen LogP contribution in [0.25, 0.3) is 11.3 Å². The van der Waals surface area contributed by atoms with E-state index >= 15 is 0 Å². The van der Waals surface area contributed by atoms with Crippen molar-refractivity contribution in [1.82, 2.24) is 4.98 Å². The van der Waals surface area contributed by atoms with Gasteiger partial charge in [-0.2, -0.15) is 0 Å². The number of halogens is 3. The maximum absolute atomic E-state index is 14.3. The first-order valence-electron chi connectivity index (χ1n) is 8.40. The zero-order chi connectivity index (χ0) is 20.3. The van der Waals surface area contributed by atoms with E-state index in [-0.39, 0.29) is 17.9 Å². The van der Waals surface area contributed by atoms with Crippen LogP contribution in [0.1, 0.15) is 23.6 Å². The van der Waals surface area contributed by atoms with Crippen LogP contribution in [0.5, 0.6) is 5.75 Å². The second-order valence-electron chi connectivity index (χ2n) is 5.81. The number of rotatable bonds is 6. The van der Waals surface area contributed by atoms with E-state index in [4.69, 9.17) is 21.1 Å². The first kappa shape index (κ1) is 20.2. The quantitative estimate of drug-likeness (QED) is 0.475. The molecule has 0 spiro atoms. The number of nitrogens with zero attached hydrogens (tertiary/aromatic N) is 1. The molecule has 1 unspecified atom stereocenters. The van der Waals surface area contributed by atoms with Crippen molar-refractivity contribution in [3.8, 4) is 17.0 Å². The van der Waals surface area contributed by atoms with Crippen molar-refractivity contribution < 1.29 is 23.0 Å². The molecule has 0 aliphatic heterocycles. The van der Waals surface area contributed by atoms with Gasteiger partial charge in [-0.1, -0.05) is 23.7 Å². The van der Waals surface area contributed by atoms with Crippen LogP contribution in [0.2, 0.25) is 5.02 Å². The molecule has 4 nitrogen and oxygen atoms in total. The molecule has 0 aliphatic carbocycles. The van der Waals surface area contributed by atoms with Crippen molar-refractivity contribution in [2.45, 2.75) is 20.0 Å².